The SMILES string of the molecule is CCOC(=O)C(NC(=O)Nc1c(F)cccc1C(F)(F)F)C(=O)OCC. The van der Waals surface area contributed by atoms with Crippen LogP contribution in [-0.4, -0.2) is 37.2 Å². The van der Waals surface area contributed by atoms with Gasteiger partial charge >= 0.3 is 24.1 Å². The predicted molar refractivity (Wildman–Crippen MR) is 80.6 cm³/mol. The Morgan fingerprint density at radius 1 is 1.08 bits per heavy atom. The number of nitrogens with one attached hydrogen (secondary N) is 2. The zero-order valence-corrected chi connectivity index (χ0v) is 13.8. The van der Waals surface area contributed by atoms with Gasteiger partial charge < -0.3 is 20.1 Å². The quantitative estimate of drug-likeness (QED) is 0.449. The van der Waals surface area contributed by atoms with Gasteiger partial charge in [0, 0.05) is 0 Å². The Labute approximate surface area is 145 Å². The van der Waals surface area contributed by atoms with E-state index >= 15 is 0 Å². The minimum Gasteiger partial charge on any atom is -0.464 e. The fourth-order valence-electron chi connectivity index (χ4n) is 1.83. The summed E-state index contributed by atoms with van der Waals surface area (Å²) in [7, 11) is 0. The maximum atomic E-state index is 13.7. The predicted octanol–water partition coefficient (Wildman–Crippen LogP) is 2.46. The second-order valence-corrected chi connectivity index (χ2v) is 4.70. The number of urea groups is 1. The Balaban J connectivity index is 3.02. The van der Waals surface area contributed by atoms with Crippen LogP contribution in [0.4, 0.5) is 28.0 Å². The molecule has 2 amide bonds. The fourth-order valence-corrected chi connectivity index (χ4v) is 1.83. The van der Waals surface area contributed by atoms with Gasteiger partial charge in [0.05, 0.1) is 24.5 Å². The van der Waals surface area contributed by atoms with Crippen LogP contribution < -0.4 is 10.6 Å². The number of benzene rings is 1. The van der Waals surface area contributed by atoms with E-state index in [1.54, 1.807) is 5.32 Å². The van der Waals surface area contributed by atoms with Gasteiger partial charge in [-0.3, -0.25) is 0 Å². The number of ether oxygens (including phenoxy) is 2. The Morgan fingerprint density at radius 2 is 1.62 bits per heavy atom. The van der Waals surface area contributed by atoms with E-state index in [1.165, 1.54) is 13.8 Å². The van der Waals surface area contributed by atoms with Crippen LogP contribution in [0.2, 0.25) is 0 Å². The molecule has 0 bridgehead atoms. The summed E-state index contributed by atoms with van der Waals surface area (Å²) in [6.07, 6.45) is -4.94. The molecule has 0 atom stereocenters. The number of hydrogen-bond donors (Lipinski definition) is 2. The lowest BCUT2D eigenvalue weighted by Gasteiger charge is -2.18. The van der Waals surface area contributed by atoms with Crippen molar-refractivity contribution >= 4 is 23.7 Å². The third-order valence-electron chi connectivity index (χ3n) is 2.88. The molecule has 0 fully saturated rings. The fraction of sp³-hybridized carbons (Fsp3) is 0.400. The molecule has 0 saturated carbocycles. The number of halogens is 4. The third-order valence-corrected chi connectivity index (χ3v) is 2.88. The van der Waals surface area contributed by atoms with Crippen molar-refractivity contribution in [2.75, 3.05) is 18.5 Å². The van der Waals surface area contributed by atoms with Gasteiger partial charge in [-0.1, -0.05) is 6.07 Å². The molecule has 11 heteroatoms. The van der Waals surface area contributed by atoms with E-state index in [0.717, 1.165) is 6.07 Å². The van der Waals surface area contributed by atoms with E-state index in [0.29, 0.717) is 12.1 Å². The zero-order chi connectivity index (χ0) is 19.9. The van der Waals surface area contributed by atoms with E-state index < -0.39 is 47.3 Å². The topological polar surface area (TPSA) is 93.7 Å². The van der Waals surface area contributed by atoms with E-state index in [2.05, 4.69) is 9.47 Å². The number of hydrogen-bond acceptors (Lipinski definition) is 5. The highest BCUT2D eigenvalue weighted by atomic mass is 19.4. The smallest absolute Gasteiger partial charge is 0.418 e. The van der Waals surface area contributed by atoms with Gasteiger partial charge in [0.2, 0.25) is 6.04 Å². The number of para-hydroxylation sites is 1. The molecule has 1 rings (SSSR count). The van der Waals surface area contributed by atoms with Gasteiger partial charge in [0.1, 0.15) is 5.82 Å². The summed E-state index contributed by atoms with van der Waals surface area (Å²) in [5, 5.41) is 3.46. The minimum atomic E-state index is -4.94. The molecule has 0 radical (unpaired) electrons. The van der Waals surface area contributed by atoms with Crippen LogP contribution in [0.3, 0.4) is 0 Å². The number of carbonyl (C=O) groups excluding carboxylic acids is 3. The molecule has 0 aliphatic carbocycles. The van der Waals surface area contributed by atoms with Crippen LogP contribution in [0, 0.1) is 5.82 Å². The first-order valence-corrected chi connectivity index (χ1v) is 7.38. The number of esters is 2. The normalized spacial score (nSPS) is 11.0. The Kier molecular flexibility index (Phi) is 7.35. The molecule has 7 nitrogen and oxygen atoms in total. The molecule has 26 heavy (non-hydrogen) atoms. The first-order chi connectivity index (χ1) is 12.1. The average Bonchev–Trinajstić information content (AvgIpc) is 2.53. The molecular formula is C15H16F4N2O5. The molecule has 0 heterocycles. The Morgan fingerprint density at radius 3 is 2.08 bits per heavy atom. The maximum Gasteiger partial charge on any atom is 0.418 e. The minimum absolute atomic E-state index is 0.121. The Bertz CT molecular complexity index is 660. The largest absolute Gasteiger partial charge is 0.464 e. The van der Waals surface area contributed by atoms with Crippen LogP contribution >= 0.6 is 0 Å². The highest BCUT2D eigenvalue weighted by molar-refractivity contribution is 6.04. The van der Waals surface area contributed by atoms with Crippen LogP contribution in [0.1, 0.15) is 19.4 Å². The van der Waals surface area contributed by atoms with Gasteiger partial charge in [-0.2, -0.15) is 13.2 Å². The number of alkyl halides is 3. The van der Waals surface area contributed by atoms with Crippen LogP contribution in [0.15, 0.2) is 18.2 Å². The second-order valence-electron chi connectivity index (χ2n) is 4.70. The first kappa shape index (κ1) is 21.2. The lowest BCUT2D eigenvalue weighted by molar-refractivity contribution is -0.157. The van der Waals surface area contributed by atoms with Gasteiger partial charge in [0.25, 0.3) is 0 Å². The molecule has 0 aromatic heterocycles. The molecule has 0 aliphatic heterocycles. The number of amides is 2. The van der Waals surface area contributed by atoms with Crippen molar-refractivity contribution in [3.63, 3.8) is 0 Å². The number of rotatable bonds is 6. The van der Waals surface area contributed by atoms with Gasteiger partial charge in [0.15, 0.2) is 0 Å². The van der Waals surface area contributed by atoms with Gasteiger partial charge in [-0.05, 0) is 26.0 Å². The average molecular weight is 380 g/mol. The summed E-state index contributed by atoms with van der Waals surface area (Å²) in [5.74, 6) is -3.70. The molecule has 0 saturated heterocycles. The van der Waals surface area contributed by atoms with Crippen molar-refractivity contribution in [1.29, 1.82) is 0 Å². The summed E-state index contributed by atoms with van der Waals surface area (Å²) >= 11 is 0. The second kappa shape index (κ2) is 9.02. The van der Waals surface area contributed by atoms with Crippen molar-refractivity contribution in [2.45, 2.75) is 26.1 Å². The highest BCUT2D eigenvalue weighted by Crippen LogP contribution is 2.36. The van der Waals surface area contributed by atoms with E-state index in [1.807, 2.05) is 5.32 Å². The summed E-state index contributed by atoms with van der Waals surface area (Å²) in [6, 6.07) is -1.25. The molecule has 0 spiro atoms. The van der Waals surface area contributed by atoms with Crippen LogP contribution in [0.25, 0.3) is 0 Å². The number of anilines is 1. The van der Waals surface area contributed by atoms with Crippen LogP contribution in [0.5, 0.6) is 0 Å². The molecule has 0 unspecified atom stereocenters. The van der Waals surface area contributed by atoms with Gasteiger partial charge in [-0.15, -0.1) is 0 Å². The molecular weight excluding hydrogens is 364 g/mol. The van der Waals surface area contributed by atoms with Crippen molar-refractivity contribution in [2.24, 2.45) is 0 Å². The Hall–Kier alpha value is -2.85. The van der Waals surface area contributed by atoms with E-state index in [4.69, 9.17) is 0 Å². The van der Waals surface area contributed by atoms with Gasteiger partial charge in [-0.25, -0.2) is 18.8 Å². The summed E-state index contributed by atoms with van der Waals surface area (Å²) in [6.45, 7) is 2.64. The lowest BCUT2D eigenvalue weighted by Crippen LogP contribution is -2.49. The standard InChI is InChI=1S/C15H16F4N2O5/c1-3-25-12(22)11(13(23)26-4-2)21-14(24)20-10-8(15(17,18)19)6-5-7-9(10)16/h5-7,11H,3-4H2,1-2H3,(H2,20,21,24). The van der Waals surface area contributed by atoms with E-state index in [-0.39, 0.29) is 13.2 Å². The van der Waals surface area contributed by atoms with Crippen molar-refractivity contribution in [3.8, 4) is 0 Å². The summed E-state index contributed by atoms with van der Waals surface area (Å²) < 4.78 is 61.6. The zero-order valence-electron chi connectivity index (χ0n) is 13.8. The van der Waals surface area contributed by atoms with Crippen molar-refractivity contribution < 1.29 is 41.4 Å². The maximum absolute atomic E-state index is 13.7. The molecule has 1 aromatic carbocycles. The summed E-state index contributed by atoms with van der Waals surface area (Å²) in [4.78, 5) is 35.3. The third kappa shape index (κ3) is 5.60. The monoisotopic (exact) mass is 380 g/mol. The lowest BCUT2D eigenvalue weighted by atomic mass is 10.1. The molecule has 1 aromatic rings. The van der Waals surface area contributed by atoms with Crippen molar-refractivity contribution in [3.05, 3.63) is 29.6 Å². The highest BCUT2D eigenvalue weighted by Gasteiger charge is 2.36. The molecule has 2 N–H and O–H groups in total. The summed E-state index contributed by atoms with van der Waals surface area (Å²) in [5.41, 5.74) is -2.58. The first-order valence-electron chi connectivity index (χ1n) is 7.38. The molecule has 0 aliphatic rings. The number of carbonyl (C=O) groups is 3. The van der Waals surface area contributed by atoms with E-state index in [9.17, 15) is 31.9 Å². The van der Waals surface area contributed by atoms with Crippen LogP contribution in [-0.2, 0) is 25.2 Å². The van der Waals surface area contributed by atoms with Crippen molar-refractivity contribution in [1.82, 2.24) is 5.32 Å². The molecule has 144 valence electrons.